The van der Waals surface area contributed by atoms with Crippen LogP contribution < -0.4 is 10.9 Å². The van der Waals surface area contributed by atoms with Crippen molar-refractivity contribution in [1.29, 1.82) is 0 Å². The van der Waals surface area contributed by atoms with E-state index in [2.05, 4.69) is 17.8 Å². The largest absolute Gasteiger partial charge is 0.443 e. The fourth-order valence-electron chi connectivity index (χ4n) is 1.82. The zero-order valence-electron chi connectivity index (χ0n) is 10.1. The van der Waals surface area contributed by atoms with Crippen LogP contribution in [0.3, 0.4) is 0 Å². The fourth-order valence-corrected chi connectivity index (χ4v) is 1.82. The average molecular weight is 214 g/mol. The Kier molecular flexibility index (Phi) is 3.97. The van der Waals surface area contributed by atoms with Crippen molar-refractivity contribution in [2.45, 2.75) is 58.6 Å². The minimum absolute atomic E-state index is 0.387. The minimum Gasteiger partial charge on any atom is -0.443 e. The molecule has 0 aromatic carbocycles. The molecular weight excluding hydrogens is 192 g/mol. The maximum atomic E-state index is 11.3. The van der Waals surface area contributed by atoms with E-state index in [1.807, 2.05) is 20.8 Å². The summed E-state index contributed by atoms with van der Waals surface area (Å²) in [6.45, 7) is 7.75. The summed E-state index contributed by atoms with van der Waals surface area (Å²) in [5.41, 5.74) is 5.19. The maximum absolute atomic E-state index is 11.3. The number of rotatable bonds is 2. The van der Waals surface area contributed by atoms with Gasteiger partial charge in [-0.25, -0.2) is 10.2 Å². The predicted octanol–water partition coefficient (Wildman–Crippen LogP) is 2.20. The summed E-state index contributed by atoms with van der Waals surface area (Å²) in [7, 11) is 0. The molecule has 0 unspecified atom stereocenters. The molecule has 88 valence electrons. The van der Waals surface area contributed by atoms with Crippen LogP contribution in [0.2, 0.25) is 0 Å². The van der Waals surface area contributed by atoms with Crippen LogP contribution in [0.1, 0.15) is 47.0 Å². The van der Waals surface area contributed by atoms with Crippen LogP contribution in [0.4, 0.5) is 4.79 Å². The number of carbonyl (C=O) groups is 1. The lowest BCUT2D eigenvalue weighted by Gasteiger charge is -2.22. The van der Waals surface area contributed by atoms with Gasteiger partial charge in [0.1, 0.15) is 5.60 Å². The Labute approximate surface area is 91.7 Å². The molecule has 0 aromatic heterocycles. The first-order chi connectivity index (χ1) is 6.88. The van der Waals surface area contributed by atoms with Crippen molar-refractivity contribution in [3.63, 3.8) is 0 Å². The van der Waals surface area contributed by atoms with E-state index in [1.165, 1.54) is 12.8 Å². The molecule has 15 heavy (non-hydrogen) atoms. The molecule has 4 nitrogen and oxygen atoms in total. The van der Waals surface area contributed by atoms with E-state index in [1.54, 1.807) is 0 Å². The molecule has 1 aliphatic rings. The summed E-state index contributed by atoms with van der Waals surface area (Å²) in [5.74, 6) is 0.625. The maximum Gasteiger partial charge on any atom is 0.422 e. The van der Waals surface area contributed by atoms with Gasteiger partial charge in [0, 0.05) is 6.04 Å². The van der Waals surface area contributed by atoms with Crippen molar-refractivity contribution in [1.82, 2.24) is 10.9 Å². The molecule has 0 aliphatic heterocycles. The van der Waals surface area contributed by atoms with Crippen LogP contribution in [0.15, 0.2) is 0 Å². The summed E-state index contributed by atoms with van der Waals surface area (Å²) < 4.78 is 5.12. The number of hydrogen-bond acceptors (Lipinski definition) is 3. The highest BCUT2D eigenvalue weighted by atomic mass is 16.6. The zero-order chi connectivity index (χ0) is 11.5. The van der Waals surface area contributed by atoms with Crippen LogP contribution in [-0.2, 0) is 4.74 Å². The molecule has 1 fully saturated rings. The second kappa shape index (κ2) is 4.84. The van der Waals surface area contributed by atoms with Gasteiger partial charge in [-0.1, -0.05) is 13.3 Å². The van der Waals surface area contributed by atoms with Gasteiger partial charge in [-0.15, -0.1) is 0 Å². The summed E-state index contributed by atoms with van der Waals surface area (Å²) in [5, 5.41) is 0. The lowest BCUT2D eigenvalue weighted by atomic mass is 10.1. The van der Waals surface area contributed by atoms with Gasteiger partial charge in [0.05, 0.1) is 0 Å². The van der Waals surface area contributed by atoms with Crippen LogP contribution in [0, 0.1) is 5.92 Å². The van der Waals surface area contributed by atoms with Gasteiger partial charge >= 0.3 is 6.09 Å². The number of carbonyl (C=O) groups excluding carboxylic acids is 1. The first-order valence-corrected chi connectivity index (χ1v) is 5.63. The lowest BCUT2D eigenvalue weighted by Crippen LogP contribution is -2.47. The van der Waals surface area contributed by atoms with E-state index in [9.17, 15) is 4.79 Å². The monoisotopic (exact) mass is 214 g/mol. The Balaban J connectivity index is 2.22. The van der Waals surface area contributed by atoms with E-state index >= 15 is 0 Å². The second-order valence-electron chi connectivity index (χ2n) is 5.29. The van der Waals surface area contributed by atoms with Crippen molar-refractivity contribution in [2.24, 2.45) is 5.92 Å². The Morgan fingerprint density at radius 1 is 1.33 bits per heavy atom. The van der Waals surface area contributed by atoms with Gasteiger partial charge in [0.25, 0.3) is 0 Å². The summed E-state index contributed by atoms with van der Waals surface area (Å²) >= 11 is 0. The second-order valence-corrected chi connectivity index (χ2v) is 5.29. The normalized spacial score (nSPS) is 26.4. The Morgan fingerprint density at radius 3 is 2.47 bits per heavy atom. The van der Waals surface area contributed by atoms with Gasteiger partial charge in [-0.2, -0.15) is 0 Å². The molecule has 1 saturated carbocycles. The van der Waals surface area contributed by atoms with Crippen LogP contribution in [0.25, 0.3) is 0 Å². The number of ether oxygens (including phenoxy) is 1. The molecule has 1 amide bonds. The topological polar surface area (TPSA) is 50.4 Å². The van der Waals surface area contributed by atoms with Gasteiger partial charge < -0.3 is 4.74 Å². The molecule has 0 aromatic rings. The number of amides is 1. The van der Waals surface area contributed by atoms with E-state index in [0.717, 1.165) is 6.42 Å². The first-order valence-electron chi connectivity index (χ1n) is 5.63. The molecule has 0 heterocycles. The Hall–Kier alpha value is -0.770. The molecule has 1 rings (SSSR count). The van der Waals surface area contributed by atoms with Crippen LogP contribution in [-0.4, -0.2) is 17.7 Å². The molecule has 2 atom stereocenters. The minimum atomic E-state index is -0.437. The summed E-state index contributed by atoms with van der Waals surface area (Å²) in [4.78, 5) is 11.3. The standard InChI is InChI=1S/C11H22N2O2/c1-8-6-5-7-9(8)12-13-10(14)15-11(2,3)4/h8-9,12H,5-7H2,1-4H3,(H,13,14)/t8-,9-/m1/s1. The van der Waals surface area contributed by atoms with Crippen LogP contribution in [0.5, 0.6) is 0 Å². The van der Waals surface area contributed by atoms with E-state index in [0.29, 0.717) is 12.0 Å². The van der Waals surface area contributed by atoms with Crippen molar-refractivity contribution in [3.8, 4) is 0 Å². The predicted molar refractivity (Wildman–Crippen MR) is 59.3 cm³/mol. The zero-order valence-corrected chi connectivity index (χ0v) is 10.1. The molecule has 0 bridgehead atoms. The average Bonchev–Trinajstić information content (AvgIpc) is 2.44. The van der Waals surface area contributed by atoms with Gasteiger partial charge in [0.2, 0.25) is 0 Å². The molecular formula is C11H22N2O2. The Bertz CT molecular complexity index is 223. The highest BCUT2D eigenvalue weighted by molar-refractivity contribution is 5.67. The third-order valence-electron chi connectivity index (χ3n) is 2.62. The Morgan fingerprint density at radius 2 is 2.00 bits per heavy atom. The summed E-state index contributed by atoms with van der Waals surface area (Å²) in [6.07, 6.45) is 3.18. The molecule has 0 saturated heterocycles. The van der Waals surface area contributed by atoms with Crippen LogP contribution >= 0.6 is 0 Å². The van der Waals surface area contributed by atoms with E-state index in [-0.39, 0.29) is 0 Å². The highest BCUT2D eigenvalue weighted by Gasteiger charge is 2.24. The summed E-state index contributed by atoms with van der Waals surface area (Å²) in [6, 6.07) is 0.387. The van der Waals surface area contributed by atoms with E-state index in [4.69, 9.17) is 4.74 Å². The molecule has 1 aliphatic carbocycles. The first kappa shape index (κ1) is 12.3. The third kappa shape index (κ3) is 4.51. The van der Waals surface area contributed by atoms with Gasteiger partial charge in [0.15, 0.2) is 0 Å². The number of nitrogens with one attached hydrogen (secondary N) is 2. The molecule has 4 heteroatoms. The highest BCUT2D eigenvalue weighted by Crippen LogP contribution is 2.24. The molecule has 2 N–H and O–H groups in total. The van der Waals surface area contributed by atoms with Gasteiger partial charge in [-0.05, 0) is 39.5 Å². The van der Waals surface area contributed by atoms with Crippen molar-refractivity contribution in [2.75, 3.05) is 0 Å². The number of hydrazine groups is 1. The van der Waals surface area contributed by atoms with Gasteiger partial charge in [-0.3, -0.25) is 5.43 Å². The van der Waals surface area contributed by atoms with Crippen molar-refractivity contribution in [3.05, 3.63) is 0 Å². The smallest absolute Gasteiger partial charge is 0.422 e. The number of hydrogen-bond donors (Lipinski definition) is 2. The molecule has 0 spiro atoms. The lowest BCUT2D eigenvalue weighted by molar-refractivity contribution is 0.0484. The quantitative estimate of drug-likeness (QED) is 0.693. The van der Waals surface area contributed by atoms with Crippen molar-refractivity contribution < 1.29 is 9.53 Å². The fraction of sp³-hybridized carbons (Fsp3) is 0.909. The SMILES string of the molecule is C[C@@H]1CCC[C@H]1NNC(=O)OC(C)(C)C. The van der Waals surface area contributed by atoms with Crippen molar-refractivity contribution >= 4 is 6.09 Å². The van der Waals surface area contributed by atoms with E-state index < -0.39 is 11.7 Å². The molecule has 0 radical (unpaired) electrons. The third-order valence-corrected chi connectivity index (χ3v) is 2.62.